The van der Waals surface area contributed by atoms with Crippen LogP contribution in [0.25, 0.3) is 28.2 Å². The molecule has 0 spiro atoms. The number of alkyl halides is 6. The van der Waals surface area contributed by atoms with Crippen molar-refractivity contribution in [2.24, 2.45) is 0 Å². The lowest BCUT2D eigenvalue weighted by Crippen LogP contribution is -2.18. The van der Waals surface area contributed by atoms with Gasteiger partial charge >= 0.3 is 18.3 Å². The summed E-state index contributed by atoms with van der Waals surface area (Å²) >= 11 is 0. The summed E-state index contributed by atoms with van der Waals surface area (Å²) in [6, 6.07) is 20.8. The lowest BCUT2D eigenvalue weighted by atomic mass is 10.0. The van der Waals surface area contributed by atoms with Crippen LogP contribution >= 0.6 is 0 Å². The number of methoxy groups -OCH3 is 1. The SMILES string of the molecule is COc1cc(-c2ccc(C(F)(F)F)cc2)ccc1COc1ccccc1-c1cccc(-n2ncc(C(=O)O)c2C(F)(F)F)n1. The number of ether oxygens (including phenoxy) is 2. The Balaban J connectivity index is 1.41. The van der Waals surface area contributed by atoms with Crippen molar-refractivity contribution >= 4 is 5.97 Å². The third kappa shape index (κ3) is 6.21. The fraction of sp³-hybridized carbons (Fsp3) is 0.129. The van der Waals surface area contributed by atoms with Crippen molar-refractivity contribution in [3.05, 3.63) is 114 Å². The number of rotatable bonds is 8. The van der Waals surface area contributed by atoms with E-state index in [-0.39, 0.29) is 18.1 Å². The van der Waals surface area contributed by atoms with Crippen LogP contribution in [0, 0.1) is 0 Å². The van der Waals surface area contributed by atoms with Gasteiger partial charge in [-0.2, -0.15) is 31.4 Å². The summed E-state index contributed by atoms with van der Waals surface area (Å²) in [4.78, 5) is 15.7. The average molecular weight is 614 g/mol. The molecule has 0 aliphatic rings. The molecule has 44 heavy (non-hydrogen) atoms. The molecule has 2 aromatic heterocycles. The first-order chi connectivity index (χ1) is 20.9. The molecule has 0 saturated heterocycles. The third-order valence-electron chi connectivity index (χ3n) is 6.60. The number of aromatic nitrogens is 3. The van der Waals surface area contributed by atoms with E-state index in [2.05, 4.69) is 10.1 Å². The van der Waals surface area contributed by atoms with Gasteiger partial charge in [-0.3, -0.25) is 0 Å². The Bertz CT molecular complexity index is 1810. The third-order valence-corrected chi connectivity index (χ3v) is 6.60. The normalized spacial score (nSPS) is 11.8. The largest absolute Gasteiger partial charge is 0.496 e. The summed E-state index contributed by atoms with van der Waals surface area (Å²) in [5.41, 5.74) is -0.750. The van der Waals surface area contributed by atoms with Crippen LogP contribution in [0.5, 0.6) is 11.5 Å². The number of para-hydroxylation sites is 1. The minimum absolute atomic E-state index is 0.00647. The molecule has 0 amide bonds. The number of carbonyl (C=O) groups is 1. The zero-order valence-electron chi connectivity index (χ0n) is 22.6. The molecule has 0 bridgehead atoms. The maximum Gasteiger partial charge on any atom is 0.434 e. The second-order valence-electron chi connectivity index (χ2n) is 9.39. The zero-order valence-corrected chi connectivity index (χ0v) is 22.6. The van der Waals surface area contributed by atoms with E-state index in [1.54, 1.807) is 48.5 Å². The van der Waals surface area contributed by atoms with Crippen molar-refractivity contribution in [3.63, 3.8) is 0 Å². The molecule has 0 aliphatic heterocycles. The van der Waals surface area contributed by atoms with Crippen molar-refractivity contribution < 1.29 is 45.7 Å². The molecule has 5 aromatic rings. The van der Waals surface area contributed by atoms with Crippen LogP contribution in [0.15, 0.2) is 91.1 Å². The quantitative estimate of drug-likeness (QED) is 0.179. The molecule has 0 radical (unpaired) electrons. The summed E-state index contributed by atoms with van der Waals surface area (Å²) in [7, 11) is 1.44. The van der Waals surface area contributed by atoms with Crippen LogP contribution in [0.2, 0.25) is 0 Å². The van der Waals surface area contributed by atoms with Crippen LogP contribution < -0.4 is 9.47 Å². The summed E-state index contributed by atoms with van der Waals surface area (Å²) in [6.07, 6.45) is -8.84. The van der Waals surface area contributed by atoms with Gasteiger partial charge in [0.15, 0.2) is 11.5 Å². The van der Waals surface area contributed by atoms with Crippen molar-refractivity contribution in [3.8, 4) is 39.7 Å². The van der Waals surface area contributed by atoms with E-state index in [1.165, 1.54) is 31.4 Å². The number of halogens is 6. The number of hydrogen-bond acceptors (Lipinski definition) is 5. The Morgan fingerprint density at radius 2 is 1.55 bits per heavy atom. The molecule has 0 unspecified atom stereocenters. The van der Waals surface area contributed by atoms with E-state index in [0.29, 0.717) is 44.6 Å². The molecule has 0 saturated carbocycles. The van der Waals surface area contributed by atoms with Crippen molar-refractivity contribution in [1.29, 1.82) is 0 Å². The number of benzene rings is 3. The van der Waals surface area contributed by atoms with E-state index < -0.39 is 35.1 Å². The van der Waals surface area contributed by atoms with Gasteiger partial charge in [0, 0.05) is 11.1 Å². The van der Waals surface area contributed by atoms with E-state index in [1.807, 2.05) is 0 Å². The van der Waals surface area contributed by atoms with Crippen LogP contribution in [0.1, 0.15) is 27.2 Å². The minimum atomic E-state index is -5.01. The first-order valence-corrected chi connectivity index (χ1v) is 12.8. The molecule has 3 aromatic carbocycles. The van der Waals surface area contributed by atoms with Gasteiger partial charge in [0.2, 0.25) is 0 Å². The van der Waals surface area contributed by atoms with Gasteiger partial charge in [-0.15, -0.1) is 0 Å². The predicted octanol–water partition coefficient (Wildman–Crippen LogP) is 7.92. The monoisotopic (exact) mass is 613 g/mol. The molecule has 7 nitrogen and oxygen atoms in total. The smallest absolute Gasteiger partial charge is 0.434 e. The van der Waals surface area contributed by atoms with E-state index in [4.69, 9.17) is 9.47 Å². The Kier molecular flexibility index (Phi) is 8.05. The maximum absolute atomic E-state index is 13.8. The Morgan fingerprint density at radius 3 is 2.20 bits per heavy atom. The Hall–Kier alpha value is -5.33. The van der Waals surface area contributed by atoms with Gasteiger partial charge in [0.25, 0.3) is 0 Å². The lowest BCUT2D eigenvalue weighted by Gasteiger charge is -2.15. The molecule has 5 rings (SSSR count). The van der Waals surface area contributed by atoms with Crippen molar-refractivity contribution in [1.82, 2.24) is 14.8 Å². The van der Waals surface area contributed by atoms with Gasteiger partial charge < -0.3 is 14.6 Å². The van der Waals surface area contributed by atoms with Crippen molar-refractivity contribution in [2.75, 3.05) is 7.11 Å². The van der Waals surface area contributed by atoms with Gasteiger partial charge in [-0.25, -0.2) is 14.5 Å². The zero-order chi connectivity index (χ0) is 31.6. The number of hydrogen-bond donors (Lipinski definition) is 1. The number of nitrogens with zero attached hydrogens (tertiary/aromatic N) is 3. The summed E-state index contributed by atoms with van der Waals surface area (Å²) in [6.45, 7) is 0.00647. The standard InChI is InChI=1S/C31H21F6N3O4/c1-43-26-15-19(18-11-13-21(14-12-18)30(32,33)34)9-10-20(26)17-44-25-7-3-2-5-22(25)24-6-4-8-27(39-24)40-28(31(35,36)37)23(16-38-40)29(41)42/h2-16H,17H2,1H3,(H,41,42). The summed E-state index contributed by atoms with van der Waals surface area (Å²) in [5, 5.41) is 12.9. The number of aromatic carboxylic acids is 1. The summed E-state index contributed by atoms with van der Waals surface area (Å²) in [5.74, 6) is -1.26. The molecule has 1 N–H and O–H groups in total. The molecular formula is C31H21F6N3O4. The van der Waals surface area contributed by atoms with E-state index >= 15 is 0 Å². The van der Waals surface area contributed by atoms with Gasteiger partial charge in [-0.05, 0) is 53.6 Å². The lowest BCUT2D eigenvalue weighted by molar-refractivity contribution is -0.143. The van der Waals surface area contributed by atoms with Crippen LogP contribution in [0.3, 0.4) is 0 Å². The number of carboxylic acids is 1. The highest BCUT2D eigenvalue weighted by Crippen LogP contribution is 2.36. The van der Waals surface area contributed by atoms with Gasteiger partial charge in [-0.1, -0.05) is 42.5 Å². The second-order valence-corrected chi connectivity index (χ2v) is 9.39. The molecule has 226 valence electrons. The summed E-state index contributed by atoms with van der Waals surface area (Å²) < 4.78 is 92.1. The molecule has 0 fully saturated rings. The fourth-order valence-electron chi connectivity index (χ4n) is 4.50. The van der Waals surface area contributed by atoms with Crippen LogP contribution in [-0.4, -0.2) is 33.0 Å². The molecule has 2 heterocycles. The molecule has 0 aliphatic carbocycles. The number of pyridine rings is 1. The molecular weight excluding hydrogens is 592 g/mol. The van der Waals surface area contributed by atoms with E-state index in [0.717, 1.165) is 12.1 Å². The second kappa shape index (κ2) is 11.7. The topological polar surface area (TPSA) is 86.5 Å². The highest BCUT2D eigenvalue weighted by Gasteiger charge is 2.41. The number of carboxylic acid groups (broad SMARTS) is 1. The Morgan fingerprint density at radius 1 is 0.841 bits per heavy atom. The first-order valence-electron chi connectivity index (χ1n) is 12.8. The van der Waals surface area contributed by atoms with Crippen LogP contribution in [0.4, 0.5) is 26.3 Å². The fourth-order valence-corrected chi connectivity index (χ4v) is 4.50. The van der Waals surface area contributed by atoms with Gasteiger partial charge in [0.05, 0.1) is 24.6 Å². The average Bonchev–Trinajstić information content (AvgIpc) is 3.47. The maximum atomic E-state index is 13.8. The first kappa shape index (κ1) is 30.1. The molecule has 13 heteroatoms. The minimum Gasteiger partial charge on any atom is -0.496 e. The van der Waals surface area contributed by atoms with E-state index in [9.17, 15) is 36.2 Å². The van der Waals surface area contributed by atoms with Crippen molar-refractivity contribution in [2.45, 2.75) is 19.0 Å². The molecule has 0 atom stereocenters. The van der Waals surface area contributed by atoms with Gasteiger partial charge in [0.1, 0.15) is 23.7 Å². The van der Waals surface area contributed by atoms with Crippen LogP contribution in [-0.2, 0) is 19.0 Å². The highest BCUT2D eigenvalue weighted by atomic mass is 19.4. The highest BCUT2D eigenvalue weighted by molar-refractivity contribution is 5.89. The Labute approximate surface area is 245 Å². The predicted molar refractivity (Wildman–Crippen MR) is 147 cm³/mol.